The van der Waals surface area contributed by atoms with Crippen molar-refractivity contribution in [3.05, 3.63) is 33.4 Å². The van der Waals surface area contributed by atoms with E-state index in [1.165, 1.54) is 32.1 Å². The van der Waals surface area contributed by atoms with Gasteiger partial charge in [0.1, 0.15) is 11.5 Å². The van der Waals surface area contributed by atoms with Crippen molar-refractivity contribution in [1.29, 1.82) is 0 Å². The molecule has 2 rings (SSSR count). The minimum atomic E-state index is 0.159. The Kier molecular flexibility index (Phi) is 3.47. The molecule has 1 fully saturated rings. The highest BCUT2D eigenvalue weighted by atomic mass is 16.3. The molecule has 0 bridgehead atoms. The summed E-state index contributed by atoms with van der Waals surface area (Å²) in [6.45, 7) is 3.74. The molecule has 1 aliphatic carbocycles. The van der Waals surface area contributed by atoms with Crippen LogP contribution < -0.4 is 5.43 Å². The standard InChI is InChI=1S/C14H20O2/c1-10-8-14(15)13(11(2)16-10)9-12-6-4-3-5-7-12/h8,12H,3-7,9H2,1-2H3. The molecule has 0 aliphatic heterocycles. The van der Waals surface area contributed by atoms with Gasteiger partial charge in [-0.2, -0.15) is 0 Å². The molecule has 0 N–H and O–H groups in total. The maximum absolute atomic E-state index is 11.9. The van der Waals surface area contributed by atoms with Crippen LogP contribution in [0.2, 0.25) is 0 Å². The summed E-state index contributed by atoms with van der Waals surface area (Å²) in [7, 11) is 0. The second kappa shape index (κ2) is 4.86. The molecule has 0 unspecified atom stereocenters. The van der Waals surface area contributed by atoms with Crippen molar-refractivity contribution in [2.45, 2.75) is 52.4 Å². The molecule has 0 aromatic carbocycles. The normalized spacial score (nSPS) is 17.6. The number of aryl methyl sites for hydroxylation is 2. The summed E-state index contributed by atoms with van der Waals surface area (Å²) in [6.07, 6.45) is 7.45. The summed E-state index contributed by atoms with van der Waals surface area (Å²) in [6, 6.07) is 1.62. The van der Waals surface area contributed by atoms with E-state index < -0.39 is 0 Å². The van der Waals surface area contributed by atoms with Crippen LogP contribution in [0.3, 0.4) is 0 Å². The zero-order chi connectivity index (χ0) is 11.5. The molecule has 16 heavy (non-hydrogen) atoms. The van der Waals surface area contributed by atoms with Gasteiger partial charge < -0.3 is 4.42 Å². The average molecular weight is 220 g/mol. The highest BCUT2D eigenvalue weighted by Gasteiger charge is 2.17. The molecule has 1 aromatic heterocycles. The van der Waals surface area contributed by atoms with Crippen LogP contribution >= 0.6 is 0 Å². The summed E-state index contributed by atoms with van der Waals surface area (Å²) < 4.78 is 5.53. The van der Waals surface area contributed by atoms with Gasteiger partial charge in [0, 0.05) is 11.6 Å². The quantitative estimate of drug-likeness (QED) is 0.764. The van der Waals surface area contributed by atoms with E-state index in [0.717, 1.165) is 23.5 Å². The van der Waals surface area contributed by atoms with Crippen LogP contribution in [0.1, 0.15) is 49.2 Å². The van der Waals surface area contributed by atoms with Crippen molar-refractivity contribution in [3.8, 4) is 0 Å². The van der Waals surface area contributed by atoms with E-state index in [0.29, 0.717) is 5.92 Å². The van der Waals surface area contributed by atoms with Crippen LogP contribution in [0.4, 0.5) is 0 Å². The number of hydrogen-bond acceptors (Lipinski definition) is 2. The van der Waals surface area contributed by atoms with E-state index in [1.807, 2.05) is 13.8 Å². The summed E-state index contributed by atoms with van der Waals surface area (Å²) in [5, 5.41) is 0. The van der Waals surface area contributed by atoms with Crippen LogP contribution in [0.5, 0.6) is 0 Å². The third kappa shape index (κ3) is 2.55. The molecule has 88 valence electrons. The van der Waals surface area contributed by atoms with Gasteiger partial charge in [0.05, 0.1) is 0 Å². The van der Waals surface area contributed by atoms with Gasteiger partial charge in [0.15, 0.2) is 5.43 Å². The van der Waals surface area contributed by atoms with Gasteiger partial charge >= 0.3 is 0 Å². The van der Waals surface area contributed by atoms with Gasteiger partial charge in [-0.1, -0.05) is 32.1 Å². The zero-order valence-electron chi connectivity index (χ0n) is 10.2. The van der Waals surface area contributed by atoms with E-state index in [-0.39, 0.29) is 5.43 Å². The number of hydrogen-bond donors (Lipinski definition) is 0. The van der Waals surface area contributed by atoms with Crippen molar-refractivity contribution in [2.24, 2.45) is 5.92 Å². The summed E-state index contributed by atoms with van der Waals surface area (Å²) in [5.41, 5.74) is 1.06. The Balaban J connectivity index is 2.17. The van der Waals surface area contributed by atoms with Gasteiger partial charge in [-0.05, 0) is 26.2 Å². The summed E-state index contributed by atoms with van der Waals surface area (Å²) in [5.74, 6) is 2.23. The number of rotatable bonds is 2. The van der Waals surface area contributed by atoms with Gasteiger partial charge in [-0.15, -0.1) is 0 Å². The smallest absolute Gasteiger partial charge is 0.188 e. The van der Waals surface area contributed by atoms with E-state index >= 15 is 0 Å². The maximum Gasteiger partial charge on any atom is 0.188 e. The Bertz CT molecular complexity index is 411. The molecule has 2 nitrogen and oxygen atoms in total. The van der Waals surface area contributed by atoms with Gasteiger partial charge in [0.25, 0.3) is 0 Å². The second-order valence-corrected chi connectivity index (χ2v) is 4.96. The Labute approximate surface area is 96.7 Å². The van der Waals surface area contributed by atoms with Gasteiger partial charge in [-0.3, -0.25) is 4.79 Å². The molecule has 0 saturated heterocycles. The van der Waals surface area contributed by atoms with E-state index in [4.69, 9.17) is 4.42 Å². The van der Waals surface area contributed by atoms with Crippen LogP contribution in [-0.2, 0) is 6.42 Å². The molecule has 1 saturated carbocycles. The van der Waals surface area contributed by atoms with Crippen LogP contribution in [-0.4, -0.2) is 0 Å². The van der Waals surface area contributed by atoms with Crippen molar-refractivity contribution in [2.75, 3.05) is 0 Å². The first-order valence-corrected chi connectivity index (χ1v) is 6.27. The molecular weight excluding hydrogens is 200 g/mol. The van der Waals surface area contributed by atoms with Crippen molar-refractivity contribution in [3.63, 3.8) is 0 Å². The highest BCUT2D eigenvalue weighted by molar-refractivity contribution is 5.19. The van der Waals surface area contributed by atoms with Crippen molar-refractivity contribution >= 4 is 0 Å². The molecule has 0 radical (unpaired) electrons. The molecule has 2 heteroatoms. The van der Waals surface area contributed by atoms with Gasteiger partial charge in [0.2, 0.25) is 0 Å². The van der Waals surface area contributed by atoms with E-state index in [1.54, 1.807) is 6.07 Å². The molecule has 0 spiro atoms. The monoisotopic (exact) mass is 220 g/mol. The highest BCUT2D eigenvalue weighted by Crippen LogP contribution is 2.26. The fourth-order valence-electron chi connectivity index (χ4n) is 2.70. The average Bonchev–Trinajstić information content (AvgIpc) is 2.25. The molecule has 1 aromatic rings. The third-order valence-corrected chi connectivity index (χ3v) is 3.59. The lowest BCUT2D eigenvalue weighted by atomic mass is 9.84. The van der Waals surface area contributed by atoms with Crippen LogP contribution in [0.15, 0.2) is 15.3 Å². The lowest BCUT2D eigenvalue weighted by Crippen LogP contribution is -2.17. The largest absolute Gasteiger partial charge is 0.466 e. The minimum Gasteiger partial charge on any atom is -0.466 e. The lowest BCUT2D eigenvalue weighted by Gasteiger charge is -2.21. The summed E-state index contributed by atoms with van der Waals surface area (Å²) in [4.78, 5) is 11.9. The van der Waals surface area contributed by atoms with Crippen molar-refractivity contribution < 1.29 is 4.42 Å². The Hall–Kier alpha value is -1.05. The first kappa shape index (κ1) is 11.4. The molecule has 1 heterocycles. The van der Waals surface area contributed by atoms with Gasteiger partial charge in [-0.25, -0.2) is 0 Å². The molecular formula is C14H20O2. The maximum atomic E-state index is 11.9. The van der Waals surface area contributed by atoms with Crippen LogP contribution in [0.25, 0.3) is 0 Å². The van der Waals surface area contributed by atoms with Crippen LogP contribution in [0, 0.1) is 19.8 Å². The first-order valence-electron chi connectivity index (χ1n) is 6.27. The Morgan fingerprint density at radius 1 is 1.25 bits per heavy atom. The molecule has 0 atom stereocenters. The topological polar surface area (TPSA) is 30.2 Å². The SMILES string of the molecule is Cc1cc(=O)c(CC2CCCCC2)c(C)o1. The zero-order valence-corrected chi connectivity index (χ0v) is 10.2. The summed E-state index contributed by atoms with van der Waals surface area (Å²) >= 11 is 0. The molecule has 0 amide bonds. The third-order valence-electron chi connectivity index (χ3n) is 3.59. The predicted molar refractivity (Wildman–Crippen MR) is 64.7 cm³/mol. The fourth-order valence-corrected chi connectivity index (χ4v) is 2.70. The van der Waals surface area contributed by atoms with E-state index in [9.17, 15) is 4.79 Å². The Morgan fingerprint density at radius 2 is 1.94 bits per heavy atom. The molecule has 1 aliphatic rings. The van der Waals surface area contributed by atoms with Crippen molar-refractivity contribution in [1.82, 2.24) is 0 Å². The van der Waals surface area contributed by atoms with E-state index in [2.05, 4.69) is 0 Å². The second-order valence-electron chi connectivity index (χ2n) is 4.96. The lowest BCUT2D eigenvalue weighted by molar-refractivity contribution is 0.350. The Morgan fingerprint density at radius 3 is 2.56 bits per heavy atom. The minimum absolute atomic E-state index is 0.159. The predicted octanol–water partition coefficient (Wildman–Crippen LogP) is 3.38. The first-order chi connectivity index (χ1) is 7.66. The fraction of sp³-hybridized carbons (Fsp3) is 0.643.